The van der Waals surface area contributed by atoms with Crippen molar-refractivity contribution in [3.8, 4) is 0 Å². The molecule has 0 saturated carbocycles. The summed E-state index contributed by atoms with van der Waals surface area (Å²) in [5, 5.41) is 0. The molecule has 1 amide bonds. The van der Waals surface area contributed by atoms with E-state index in [0.29, 0.717) is 5.82 Å². The maximum absolute atomic E-state index is 12.0. The van der Waals surface area contributed by atoms with Gasteiger partial charge in [0.1, 0.15) is 11.7 Å². The van der Waals surface area contributed by atoms with Crippen LogP contribution < -0.4 is 0 Å². The molecule has 2 heterocycles. The van der Waals surface area contributed by atoms with Gasteiger partial charge in [0.25, 0.3) is 0 Å². The molecule has 2 rings (SSSR count). The summed E-state index contributed by atoms with van der Waals surface area (Å²) in [6.07, 6.45) is 4.13. The van der Waals surface area contributed by atoms with E-state index in [1.165, 1.54) is 0 Å². The number of aromatic nitrogens is 2. The Labute approximate surface area is 103 Å². The van der Waals surface area contributed by atoms with Gasteiger partial charge in [0.2, 0.25) is 5.91 Å². The van der Waals surface area contributed by atoms with Crippen LogP contribution in [0.3, 0.4) is 0 Å². The third-order valence-corrected chi connectivity index (χ3v) is 3.60. The fraction of sp³-hybridized carbons (Fsp3) is 0.545. The number of likely N-dealkylation sites (tertiary alicyclic amines) is 1. The number of nitrogens with zero attached hydrogens (tertiary/aromatic N) is 3. The lowest BCUT2D eigenvalue weighted by atomic mass is 9.96. The molecule has 4 nitrogen and oxygen atoms in total. The highest BCUT2D eigenvalue weighted by Crippen LogP contribution is 2.37. The topological polar surface area (TPSA) is 46.1 Å². The molecule has 1 aromatic rings. The number of rotatable bonds is 1. The monoisotopic (exact) mass is 283 g/mol. The van der Waals surface area contributed by atoms with Crippen molar-refractivity contribution in [1.29, 1.82) is 0 Å². The largest absolute Gasteiger partial charge is 0.340 e. The van der Waals surface area contributed by atoms with Crippen molar-refractivity contribution in [1.82, 2.24) is 14.9 Å². The van der Waals surface area contributed by atoms with Gasteiger partial charge in [-0.05, 0) is 36.2 Å². The summed E-state index contributed by atoms with van der Waals surface area (Å²) in [5.74, 6) is 0.519. The molecule has 1 aliphatic rings. The van der Waals surface area contributed by atoms with Gasteiger partial charge >= 0.3 is 0 Å². The van der Waals surface area contributed by atoms with Crippen LogP contribution in [0.2, 0.25) is 0 Å². The predicted octanol–water partition coefficient (Wildman–Crippen LogP) is 1.96. The molecule has 0 aromatic carbocycles. The molecular formula is C11H14BrN3O. The zero-order valence-electron chi connectivity index (χ0n) is 9.57. The molecule has 1 fully saturated rings. The van der Waals surface area contributed by atoms with Crippen LogP contribution in [0.5, 0.6) is 0 Å². The van der Waals surface area contributed by atoms with E-state index in [1.54, 1.807) is 17.3 Å². The van der Waals surface area contributed by atoms with Crippen molar-refractivity contribution in [3.05, 3.63) is 22.7 Å². The van der Waals surface area contributed by atoms with E-state index in [9.17, 15) is 4.79 Å². The van der Waals surface area contributed by atoms with Gasteiger partial charge < -0.3 is 4.90 Å². The van der Waals surface area contributed by atoms with Crippen molar-refractivity contribution in [2.75, 3.05) is 7.05 Å². The third kappa shape index (κ3) is 1.84. The first-order valence-electron chi connectivity index (χ1n) is 5.17. The molecule has 0 radical (unpaired) electrons. The predicted molar refractivity (Wildman–Crippen MR) is 63.9 cm³/mol. The summed E-state index contributed by atoms with van der Waals surface area (Å²) in [6.45, 7) is 4.12. The average molecular weight is 284 g/mol. The van der Waals surface area contributed by atoms with E-state index in [2.05, 4.69) is 39.7 Å². The van der Waals surface area contributed by atoms with Gasteiger partial charge in [0.15, 0.2) is 0 Å². The second kappa shape index (κ2) is 3.80. The van der Waals surface area contributed by atoms with E-state index >= 15 is 0 Å². The minimum atomic E-state index is -0.201. The maximum atomic E-state index is 12.0. The van der Waals surface area contributed by atoms with Gasteiger partial charge in [-0.2, -0.15) is 0 Å². The fourth-order valence-electron chi connectivity index (χ4n) is 1.96. The first-order chi connectivity index (χ1) is 7.42. The van der Waals surface area contributed by atoms with Gasteiger partial charge in [-0.25, -0.2) is 9.97 Å². The fourth-order valence-corrected chi connectivity index (χ4v) is 2.16. The van der Waals surface area contributed by atoms with Crippen molar-refractivity contribution >= 4 is 21.8 Å². The molecule has 16 heavy (non-hydrogen) atoms. The lowest BCUT2D eigenvalue weighted by Crippen LogP contribution is -2.37. The van der Waals surface area contributed by atoms with Crippen molar-refractivity contribution in [2.24, 2.45) is 0 Å². The maximum Gasteiger partial charge on any atom is 0.233 e. The molecule has 1 saturated heterocycles. The van der Waals surface area contributed by atoms with Gasteiger partial charge in [-0.15, -0.1) is 0 Å². The Morgan fingerprint density at radius 1 is 1.44 bits per heavy atom. The summed E-state index contributed by atoms with van der Waals surface area (Å²) in [4.78, 5) is 22.2. The van der Waals surface area contributed by atoms with Crippen LogP contribution in [0.1, 0.15) is 32.0 Å². The van der Waals surface area contributed by atoms with E-state index in [-0.39, 0.29) is 17.4 Å². The van der Waals surface area contributed by atoms with Crippen LogP contribution in [-0.2, 0) is 4.79 Å². The molecule has 0 unspecified atom stereocenters. The zero-order valence-corrected chi connectivity index (χ0v) is 11.2. The molecule has 5 heteroatoms. The summed E-state index contributed by atoms with van der Waals surface area (Å²) in [5.41, 5.74) is -0.113. The molecule has 86 valence electrons. The molecule has 1 atom stereocenters. The molecular weight excluding hydrogens is 270 g/mol. The smallest absolute Gasteiger partial charge is 0.233 e. The Balaban J connectivity index is 2.30. The van der Waals surface area contributed by atoms with Crippen LogP contribution in [0.4, 0.5) is 0 Å². The van der Waals surface area contributed by atoms with Gasteiger partial charge in [0, 0.05) is 25.0 Å². The standard InChI is InChI=1S/C11H14BrN3O/c1-11(2)4-8(10(16)15(11)3)9-13-5-7(12)6-14-9/h5-6,8H,4H2,1-3H3/t8-/m0/s1. The summed E-state index contributed by atoms with van der Waals surface area (Å²) in [7, 11) is 1.83. The first kappa shape index (κ1) is 11.5. The van der Waals surface area contributed by atoms with E-state index in [0.717, 1.165) is 10.9 Å². The lowest BCUT2D eigenvalue weighted by molar-refractivity contribution is -0.130. The number of carbonyl (C=O) groups is 1. The van der Waals surface area contributed by atoms with E-state index < -0.39 is 0 Å². The Bertz CT molecular complexity index is 416. The Morgan fingerprint density at radius 3 is 2.44 bits per heavy atom. The number of likely N-dealkylation sites (N-methyl/N-ethyl adjacent to an activating group) is 1. The number of amides is 1. The minimum Gasteiger partial charge on any atom is -0.340 e. The van der Waals surface area contributed by atoms with Gasteiger partial charge in [-0.1, -0.05) is 0 Å². The number of hydrogen-bond donors (Lipinski definition) is 0. The zero-order chi connectivity index (χ0) is 11.9. The highest BCUT2D eigenvalue weighted by Gasteiger charge is 2.44. The third-order valence-electron chi connectivity index (χ3n) is 3.19. The highest BCUT2D eigenvalue weighted by atomic mass is 79.9. The number of halogens is 1. The lowest BCUT2D eigenvalue weighted by Gasteiger charge is -2.26. The molecule has 1 aromatic heterocycles. The first-order valence-corrected chi connectivity index (χ1v) is 5.96. The average Bonchev–Trinajstić information content (AvgIpc) is 2.44. The van der Waals surface area contributed by atoms with E-state index in [1.807, 2.05) is 7.05 Å². The van der Waals surface area contributed by atoms with Gasteiger partial charge in [-0.3, -0.25) is 4.79 Å². The quantitative estimate of drug-likeness (QED) is 0.792. The second-order valence-corrected chi connectivity index (χ2v) is 5.64. The SMILES string of the molecule is CN1C(=O)[C@H](c2ncc(Br)cn2)CC1(C)C. The molecule has 0 bridgehead atoms. The van der Waals surface area contributed by atoms with Crippen molar-refractivity contribution in [2.45, 2.75) is 31.7 Å². The van der Waals surface area contributed by atoms with Gasteiger partial charge in [0.05, 0.1) is 4.47 Å². The molecule has 0 spiro atoms. The molecule has 0 N–H and O–H groups in total. The summed E-state index contributed by atoms with van der Waals surface area (Å²) < 4.78 is 0.828. The number of carbonyl (C=O) groups excluding carboxylic acids is 1. The molecule has 1 aliphatic heterocycles. The molecule has 0 aliphatic carbocycles. The summed E-state index contributed by atoms with van der Waals surface area (Å²) >= 11 is 3.28. The van der Waals surface area contributed by atoms with Crippen LogP contribution in [0, 0.1) is 0 Å². The van der Waals surface area contributed by atoms with Crippen molar-refractivity contribution in [3.63, 3.8) is 0 Å². The van der Waals surface area contributed by atoms with Crippen molar-refractivity contribution < 1.29 is 4.79 Å². The van der Waals surface area contributed by atoms with Crippen LogP contribution in [0.25, 0.3) is 0 Å². The Hall–Kier alpha value is -0.970. The van der Waals surface area contributed by atoms with E-state index in [4.69, 9.17) is 0 Å². The Morgan fingerprint density at radius 2 is 2.00 bits per heavy atom. The van der Waals surface area contributed by atoms with Crippen LogP contribution in [-0.4, -0.2) is 33.4 Å². The normalized spacial score (nSPS) is 23.9. The minimum absolute atomic E-state index is 0.104. The second-order valence-electron chi connectivity index (χ2n) is 4.73. The summed E-state index contributed by atoms with van der Waals surface area (Å²) in [6, 6.07) is 0. The van der Waals surface area contributed by atoms with Crippen LogP contribution in [0.15, 0.2) is 16.9 Å². The number of hydrogen-bond acceptors (Lipinski definition) is 3. The Kier molecular flexibility index (Phi) is 2.74. The van der Waals surface area contributed by atoms with Crippen LogP contribution >= 0.6 is 15.9 Å². The highest BCUT2D eigenvalue weighted by molar-refractivity contribution is 9.10.